The third kappa shape index (κ3) is 4.16. The summed E-state index contributed by atoms with van der Waals surface area (Å²) in [5.41, 5.74) is 1.47. The minimum Gasteiger partial charge on any atom is -0.313 e. The van der Waals surface area contributed by atoms with Gasteiger partial charge in [0, 0.05) is 6.04 Å². The van der Waals surface area contributed by atoms with Gasteiger partial charge in [0.05, 0.1) is 0 Å². The van der Waals surface area contributed by atoms with Crippen molar-refractivity contribution in [1.29, 1.82) is 0 Å². The zero-order valence-electron chi connectivity index (χ0n) is 11.7. The second-order valence-corrected chi connectivity index (χ2v) is 5.15. The Labute approximate surface area is 107 Å². The van der Waals surface area contributed by atoms with Crippen molar-refractivity contribution < 1.29 is 0 Å². The molecule has 0 aliphatic carbocycles. The van der Waals surface area contributed by atoms with Crippen LogP contribution in [0.5, 0.6) is 0 Å². The average molecular weight is 233 g/mol. The van der Waals surface area contributed by atoms with Crippen LogP contribution in [0.3, 0.4) is 0 Å². The number of rotatable bonds is 7. The fourth-order valence-corrected chi connectivity index (χ4v) is 2.55. The Morgan fingerprint density at radius 1 is 1.06 bits per heavy atom. The van der Waals surface area contributed by atoms with E-state index >= 15 is 0 Å². The molecule has 2 unspecified atom stereocenters. The zero-order valence-corrected chi connectivity index (χ0v) is 11.7. The monoisotopic (exact) mass is 233 g/mol. The van der Waals surface area contributed by atoms with Gasteiger partial charge in [-0.05, 0) is 36.8 Å². The highest BCUT2D eigenvalue weighted by Crippen LogP contribution is 2.27. The molecule has 1 rings (SSSR count). The average Bonchev–Trinajstić information content (AvgIpc) is 2.35. The summed E-state index contributed by atoms with van der Waals surface area (Å²) in [5, 5.41) is 3.72. The molecule has 0 amide bonds. The molecule has 0 radical (unpaired) electrons. The van der Waals surface area contributed by atoms with Crippen LogP contribution in [0.4, 0.5) is 0 Å². The summed E-state index contributed by atoms with van der Waals surface area (Å²) in [5.74, 6) is 1.30. The first-order chi connectivity index (χ1) is 8.20. The van der Waals surface area contributed by atoms with Crippen molar-refractivity contribution in [2.75, 3.05) is 6.54 Å². The summed E-state index contributed by atoms with van der Waals surface area (Å²) in [6.45, 7) is 10.3. The van der Waals surface area contributed by atoms with E-state index in [0.717, 1.165) is 6.54 Å². The lowest BCUT2D eigenvalue weighted by atomic mass is 9.83. The third-order valence-corrected chi connectivity index (χ3v) is 3.45. The maximum Gasteiger partial charge on any atom is 0.0159 e. The van der Waals surface area contributed by atoms with E-state index in [1.54, 1.807) is 0 Å². The number of hydrogen-bond donors (Lipinski definition) is 1. The maximum absolute atomic E-state index is 3.72. The van der Waals surface area contributed by atoms with Gasteiger partial charge < -0.3 is 5.32 Å². The van der Waals surface area contributed by atoms with Gasteiger partial charge in [0.15, 0.2) is 0 Å². The SMILES string of the molecule is CCCNC(C(C)C)C(CC)c1ccccc1. The summed E-state index contributed by atoms with van der Waals surface area (Å²) in [6, 6.07) is 11.5. The standard InChI is InChI=1S/C16H27N/c1-5-12-17-16(13(3)4)15(6-2)14-10-8-7-9-11-14/h7-11,13,15-17H,5-6,12H2,1-4H3. The van der Waals surface area contributed by atoms with E-state index in [4.69, 9.17) is 0 Å². The number of benzene rings is 1. The van der Waals surface area contributed by atoms with Gasteiger partial charge in [-0.2, -0.15) is 0 Å². The minimum absolute atomic E-state index is 0.586. The van der Waals surface area contributed by atoms with Crippen LogP contribution < -0.4 is 5.32 Å². The van der Waals surface area contributed by atoms with Crippen molar-refractivity contribution in [3.8, 4) is 0 Å². The van der Waals surface area contributed by atoms with E-state index in [-0.39, 0.29) is 0 Å². The smallest absolute Gasteiger partial charge is 0.0159 e. The van der Waals surface area contributed by atoms with Gasteiger partial charge in [-0.1, -0.05) is 58.0 Å². The third-order valence-electron chi connectivity index (χ3n) is 3.45. The molecule has 1 N–H and O–H groups in total. The quantitative estimate of drug-likeness (QED) is 0.744. The van der Waals surface area contributed by atoms with E-state index in [9.17, 15) is 0 Å². The Hall–Kier alpha value is -0.820. The summed E-state index contributed by atoms with van der Waals surface area (Å²) < 4.78 is 0. The van der Waals surface area contributed by atoms with Gasteiger partial charge in [-0.25, -0.2) is 0 Å². The van der Waals surface area contributed by atoms with Crippen LogP contribution in [0.15, 0.2) is 30.3 Å². The van der Waals surface area contributed by atoms with Crippen LogP contribution in [0.25, 0.3) is 0 Å². The molecule has 0 heterocycles. The zero-order chi connectivity index (χ0) is 12.7. The Bertz CT molecular complexity index is 292. The van der Waals surface area contributed by atoms with E-state index in [1.807, 2.05) is 0 Å². The van der Waals surface area contributed by atoms with Crippen LogP contribution in [0, 0.1) is 5.92 Å². The van der Waals surface area contributed by atoms with Crippen LogP contribution in [0.1, 0.15) is 52.0 Å². The molecule has 1 aromatic rings. The number of hydrogen-bond acceptors (Lipinski definition) is 1. The highest BCUT2D eigenvalue weighted by Gasteiger charge is 2.23. The first-order valence-electron chi connectivity index (χ1n) is 6.99. The summed E-state index contributed by atoms with van der Waals surface area (Å²) in [7, 11) is 0. The van der Waals surface area contributed by atoms with E-state index in [1.165, 1.54) is 18.4 Å². The largest absolute Gasteiger partial charge is 0.313 e. The second kappa shape index (κ2) is 7.50. The summed E-state index contributed by atoms with van der Waals surface area (Å²) in [4.78, 5) is 0. The van der Waals surface area contributed by atoms with Crippen molar-refractivity contribution in [2.24, 2.45) is 5.92 Å². The highest BCUT2D eigenvalue weighted by atomic mass is 14.9. The van der Waals surface area contributed by atoms with Gasteiger partial charge in [0.1, 0.15) is 0 Å². The Morgan fingerprint density at radius 3 is 2.18 bits per heavy atom. The molecule has 0 bridgehead atoms. The summed E-state index contributed by atoms with van der Waals surface area (Å²) in [6.07, 6.45) is 2.40. The molecule has 0 spiro atoms. The van der Waals surface area contributed by atoms with E-state index in [0.29, 0.717) is 17.9 Å². The lowest BCUT2D eigenvalue weighted by molar-refractivity contribution is 0.335. The molecule has 1 nitrogen and oxygen atoms in total. The van der Waals surface area contributed by atoms with Crippen LogP contribution in [-0.2, 0) is 0 Å². The van der Waals surface area contributed by atoms with Gasteiger partial charge in [-0.3, -0.25) is 0 Å². The fraction of sp³-hybridized carbons (Fsp3) is 0.625. The molecule has 0 aromatic heterocycles. The molecule has 0 aliphatic rings. The lowest BCUT2D eigenvalue weighted by Crippen LogP contribution is -2.39. The first-order valence-corrected chi connectivity index (χ1v) is 6.99. The van der Waals surface area contributed by atoms with Crippen molar-refractivity contribution >= 4 is 0 Å². The molecule has 2 atom stereocenters. The van der Waals surface area contributed by atoms with Crippen molar-refractivity contribution in [3.05, 3.63) is 35.9 Å². The Kier molecular flexibility index (Phi) is 6.28. The van der Waals surface area contributed by atoms with Crippen molar-refractivity contribution in [3.63, 3.8) is 0 Å². The van der Waals surface area contributed by atoms with Crippen LogP contribution in [-0.4, -0.2) is 12.6 Å². The molecule has 0 saturated heterocycles. The van der Waals surface area contributed by atoms with Gasteiger partial charge >= 0.3 is 0 Å². The number of nitrogens with one attached hydrogen (secondary N) is 1. The molecular formula is C16H27N. The normalized spacial score (nSPS) is 14.9. The second-order valence-electron chi connectivity index (χ2n) is 5.15. The predicted molar refractivity (Wildman–Crippen MR) is 76.4 cm³/mol. The van der Waals surface area contributed by atoms with Crippen molar-refractivity contribution in [2.45, 2.75) is 52.5 Å². The molecule has 0 fully saturated rings. The fourth-order valence-electron chi connectivity index (χ4n) is 2.55. The van der Waals surface area contributed by atoms with Gasteiger partial charge in [-0.15, -0.1) is 0 Å². The van der Waals surface area contributed by atoms with Crippen molar-refractivity contribution in [1.82, 2.24) is 5.32 Å². The van der Waals surface area contributed by atoms with Crippen LogP contribution >= 0.6 is 0 Å². The Balaban J connectivity index is 2.81. The molecule has 0 aliphatic heterocycles. The molecule has 17 heavy (non-hydrogen) atoms. The van der Waals surface area contributed by atoms with Crippen LogP contribution in [0.2, 0.25) is 0 Å². The summed E-state index contributed by atoms with van der Waals surface area (Å²) >= 11 is 0. The molecular weight excluding hydrogens is 206 g/mol. The Morgan fingerprint density at radius 2 is 1.71 bits per heavy atom. The van der Waals surface area contributed by atoms with Gasteiger partial charge in [0.2, 0.25) is 0 Å². The molecule has 1 aromatic carbocycles. The molecule has 1 heteroatoms. The first kappa shape index (κ1) is 14.2. The minimum atomic E-state index is 0.586. The van der Waals surface area contributed by atoms with E-state index < -0.39 is 0 Å². The topological polar surface area (TPSA) is 12.0 Å². The predicted octanol–water partition coefficient (Wildman–Crippen LogP) is 4.20. The molecule has 0 saturated carbocycles. The maximum atomic E-state index is 3.72. The highest BCUT2D eigenvalue weighted by molar-refractivity contribution is 5.21. The molecule has 96 valence electrons. The van der Waals surface area contributed by atoms with Gasteiger partial charge in [0.25, 0.3) is 0 Å². The van der Waals surface area contributed by atoms with E-state index in [2.05, 4.69) is 63.3 Å². The lowest BCUT2D eigenvalue weighted by Gasteiger charge is -2.31.